The summed E-state index contributed by atoms with van der Waals surface area (Å²) >= 11 is 4.99. The van der Waals surface area contributed by atoms with Crippen LogP contribution in [0.4, 0.5) is 11.4 Å². The van der Waals surface area contributed by atoms with E-state index >= 15 is 0 Å². The Bertz CT molecular complexity index is 663. The lowest BCUT2D eigenvalue weighted by Crippen LogP contribution is -1.99. The fourth-order valence-electron chi connectivity index (χ4n) is 1.53. The Hall–Kier alpha value is -1.91. The third-order valence-electron chi connectivity index (χ3n) is 2.41. The van der Waals surface area contributed by atoms with Gasteiger partial charge < -0.3 is 5.32 Å². The van der Waals surface area contributed by atoms with Crippen LogP contribution in [0.5, 0.6) is 0 Å². The topological polar surface area (TPSA) is 79.0 Å². The van der Waals surface area contributed by atoms with Crippen LogP contribution >= 0.6 is 27.3 Å². The van der Waals surface area contributed by atoms with Crippen LogP contribution < -0.4 is 5.32 Å². The molecule has 0 bridgehead atoms. The summed E-state index contributed by atoms with van der Waals surface area (Å²) in [5.74, 6) is 0. The molecule has 0 saturated heterocycles. The summed E-state index contributed by atoms with van der Waals surface area (Å²) in [6.45, 7) is 0.610. The molecule has 0 atom stereocenters. The minimum Gasteiger partial charge on any atom is -0.380 e. The Kier molecular flexibility index (Phi) is 4.14. The van der Waals surface area contributed by atoms with E-state index in [2.05, 4.69) is 21.2 Å². The van der Waals surface area contributed by atoms with E-state index < -0.39 is 4.92 Å². The Balaban J connectivity index is 2.14. The lowest BCUT2D eigenvalue weighted by molar-refractivity contribution is -0.385. The average Bonchev–Trinajstić information content (AvgIpc) is 2.81. The van der Waals surface area contributed by atoms with Crippen molar-refractivity contribution in [3.05, 3.63) is 54.7 Å². The van der Waals surface area contributed by atoms with Crippen molar-refractivity contribution in [3.63, 3.8) is 0 Å². The van der Waals surface area contributed by atoms with Crippen LogP contribution in [0.2, 0.25) is 0 Å². The predicted molar refractivity (Wildman–Crippen MR) is 77.2 cm³/mol. The summed E-state index contributed by atoms with van der Waals surface area (Å²) in [4.78, 5) is 11.3. The second-order valence-electron chi connectivity index (χ2n) is 3.66. The van der Waals surface area contributed by atoms with E-state index in [-0.39, 0.29) is 11.3 Å². The number of hydrogen-bond acceptors (Lipinski definition) is 5. The van der Waals surface area contributed by atoms with Gasteiger partial charge in [-0.15, -0.1) is 11.3 Å². The fraction of sp³-hybridized carbons (Fsp3) is 0.0833. The Labute approximate surface area is 121 Å². The zero-order valence-electron chi connectivity index (χ0n) is 9.59. The molecule has 7 heteroatoms. The summed E-state index contributed by atoms with van der Waals surface area (Å²) in [6, 6.07) is 10.2. The zero-order valence-corrected chi connectivity index (χ0v) is 12.0. The molecular formula is C12H8BrN3O2S. The second-order valence-corrected chi connectivity index (χ2v) is 6.21. The van der Waals surface area contributed by atoms with Crippen molar-refractivity contribution < 1.29 is 4.92 Å². The van der Waals surface area contributed by atoms with Crippen molar-refractivity contribution in [1.29, 1.82) is 5.26 Å². The maximum atomic E-state index is 10.7. The van der Waals surface area contributed by atoms with Crippen molar-refractivity contribution >= 4 is 38.6 Å². The molecule has 96 valence electrons. The Morgan fingerprint density at radius 2 is 2.21 bits per heavy atom. The van der Waals surface area contributed by atoms with Crippen LogP contribution in [-0.2, 0) is 6.54 Å². The Morgan fingerprint density at radius 3 is 2.79 bits per heavy atom. The Morgan fingerprint density at radius 1 is 1.42 bits per heavy atom. The number of nitro benzene ring substituents is 1. The van der Waals surface area contributed by atoms with Gasteiger partial charge in [-0.2, -0.15) is 5.26 Å². The standard InChI is InChI=1S/C12H8BrN3O2S/c13-12-4-2-10(19-12)7-15-9-1-3-11(16(17)18)8(5-9)6-14/h1-5,15H,7H2. The molecule has 0 spiro atoms. The molecule has 0 aliphatic rings. The summed E-state index contributed by atoms with van der Waals surface area (Å²) in [6.07, 6.45) is 0. The first-order valence-electron chi connectivity index (χ1n) is 5.27. The molecular weight excluding hydrogens is 330 g/mol. The maximum Gasteiger partial charge on any atom is 0.287 e. The summed E-state index contributed by atoms with van der Waals surface area (Å²) in [5.41, 5.74) is 0.570. The quantitative estimate of drug-likeness (QED) is 0.677. The van der Waals surface area contributed by atoms with Gasteiger partial charge in [-0.3, -0.25) is 10.1 Å². The molecule has 19 heavy (non-hydrogen) atoms. The number of nitrogens with one attached hydrogen (secondary N) is 1. The molecule has 0 amide bonds. The van der Waals surface area contributed by atoms with Gasteiger partial charge in [-0.25, -0.2) is 0 Å². The molecule has 2 rings (SSSR count). The number of halogens is 1. The van der Waals surface area contributed by atoms with Gasteiger partial charge in [0.05, 0.1) is 8.71 Å². The molecule has 0 fully saturated rings. The minimum atomic E-state index is -0.557. The number of nitro groups is 1. The molecule has 1 N–H and O–H groups in total. The largest absolute Gasteiger partial charge is 0.380 e. The van der Waals surface area contributed by atoms with E-state index in [1.54, 1.807) is 17.4 Å². The highest BCUT2D eigenvalue weighted by Crippen LogP contribution is 2.25. The number of rotatable bonds is 4. The second kappa shape index (κ2) is 5.82. The molecule has 0 aliphatic heterocycles. The smallest absolute Gasteiger partial charge is 0.287 e. The lowest BCUT2D eigenvalue weighted by atomic mass is 10.2. The van der Waals surface area contributed by atoms with Crippen molar-refractivity contribution in [3.8, 4) is 6.07 Å². The first-order chi connectivity index (χ1) is 9.10. The molecule has 0 aliphatic carbocycles. The van der Waals surface area contributed by atoms with E-state index in [0.29, 0.717) is 12.2 Å². The number of anilines is 1. The molecule has 5 nitrogen and oxygen atoms in total. The monoisotopic (exact) mass is 337 g/mol. The summed E-state index contributed by atoms with van der Waals surface area (Å²) in [5, 5.41) is 22.7. The average molecular weight is 338 g/mol. The predicted octanol–water partition coefficient (Wildman–Crippen LogP) is 3.90. The summed E-state index contributed by atoms with van der Waals surface area (Å²) < 4.78 is 1.05. The van der Waals surface area contributed by atoms with E-state index in [1.807, 2.05) is 18.2 Å². The molecule has 0 saturated carbocycles. The van der Waals surface area contributed by atoms with Gasteiger partial charge >= 0.3 is 0 Å². The number of hydrogen-bond donors (Lipinski definition) is 1. The van der Waals surface area contributed by atoms with Crippen LogP contribution in [0.3, 0.4) is 0 Å². The van der Waals surface area contributed by atoms with Crippen LogP contribution in [0.15, 0.2) is 34.1 Å². The first-order valence-corrected chi connectivity index (χ1v) is 6.87. The summed E-state index contributed by atoms with van der Waals surface area (Å²) in [7, 11) is 0. The van der Waals surface area contributed by atoms with Crippen LogP contribution in [-0.4, -0.2) is 4.92 Å². The van der Waals surface area contributed by atoms with Crippen molar-refractivity contribution in [2.45, 2.75) is 6.54 Å². The fourth-order valence-corrected chi connectivity index (χ4v) is 2.95. The van der Waals surface area contributed by atoms with Gasteiger partial charge in [0, 0.05) is 23.2 Å². The molecule has 1 aromatic heterocycles. The van der Waals surface area contributed by atoms with E-state index in [1.165, 1.54) is 12.1 Å². The number of thiophene rings is 1. The highest BCUT2D eigenvalue weighted by Gasteiger charge is 2.13. The first kappa shape index (κ1) is 13.5. The highest BCUT2D eigenvalue weighted by molar-refractivity contribution is 9.11. The third-order valence-corrected chi connectivity index (χ3v) is 4.03. The normalized spacial score (nSPS) is 9.89. The molecule has 0 radical (unpaired) electrons. The molecule has 1 heterocycles. The van der Waals surface area contributed by atoms with E-state index in [4.69, 9.17) is 5.26 Å². The van der Waals surface area contributed by atoms with Crippen LogP contribution in [0.25, 0.3) is 0 Å². The van der Waals surface area contributed by atoms with Gasteiger partial charge in [0.2, 0.25) is 0 Å². The van der Waals surface area contributed by atoms with E-state index in [9.17, 15) is 10.1 Å². The number of nitriles is 1. The third kappa shape index (κ3) is 3.30. The molecule has 0 unspecified atom stereocenters. The number of nitrogens with zero attached hydrogens (tertiary/aromatic N) is 2. The van der Waals surface area contributed by atoms with Gasteiger partial charge in [0.15, 0.2) is 0 Å². The maximum absolute atomic E-state index is 10.7. The van der Waals surface area contributed by atoms with Gasteiger partial charge in [-0.05, 0) is 40.2 Å². The molecule has 2 aromatic rings. The molecule has 1 aromatic carbocycles. The van der Waals surface area contributed by atoms with Gasteiger partial charge in [-0.1, -0.05) is 0 Å². The SMILES string of the molecule is N#Cc1cc(NCc2ccc(Br)s2)ccc1[N+](=O)[O-]. The van der Waals surface area contributed by atoms with Gasteiger partial charge in [0.25, 0.3) is 5.69 Å². The van der Waals surface area contributed by atoms with Crippen LogP contribution in [0, 0.1) is 21.4 Å². The minimum absolute atomic E-state index is 0.0577. The number of benzene rings is 1. The van der Waals surface area contributed by atoms with E-state index in [0.717, 1.165) is 8.66 Å². The lowest BCUT2D eigenvalue weighted by Gasteiger charge is -2.05. The van der Waals surface area contributed by atoms with Crippen molar-refractivity contribution in [2.24, 2.45) is 0 Å². The zero-order chi connectivity index (χ0) is 13.8. The van der Waals surface area contributed by atoms with Crippen molar-refractivity contribution in [2.75, 3.05) is 5.32 Å². The van der Waals surface area contributed by atoms with Gasteiger partial charge in [0.1, 0.15) is 11.6 Å². The van der Waals surface area contributed by atoms with Crippen molar-refractivity contribution in [1.82, 2.24) is 0 Å². The van der Waals surface area contributed by atoms with Crippen LogP contribution in [0.1, 0.15) is 10.4 Å². The highest BCUT2D eigenvalue weighted by atomic mass is 79.9.